The molecule has 2 heterocycles. The summed E-state index contributed by atoms with van der Waals surface area (Å²) in [5.41, 5.74) is 1.06. The Balaban J connectivity index is 1.62. The first-order chi connectivity index (χ1) is 10.6. The number of amides is 1. The fourth-order valence-electron chi connectivity index (χ4n) is 3.60. The fourth-order valence-corrected chi connectivity index (χ4v) is 3.60. The molecule has 120 valence electrons. The molecule has 0 spiro atoms. The molecule has 1 unspecified atom stereocenters. The zero-order valence-corrected chi connectivity index (χ0v) is 13.3. The highest BCUT2D eigenvalue weighted by molar-refractivity contribution is 5.79. The number of hydrogen-bond donors (Lipinski definition) is 0. The second-order valence-electron chi connectivity index (χ2n) is 6.76. The zero-order chi connectivity index (χ0) is 15.5. The number of nitrogens with zero attached hydrogens (tertiary/aromatic N) is 2. The number of piperidine rings is 1. The summed E-state index contributed by atoms with van der Waals surface area (Å²) in [7, 11) is 0. The van der Waals surface area contributed by atoms with Crippen molar-refractivity contribution in [3.8, 4) is 0 Å². The van der Waals surface area contributed by atoms with E-state index in [9.17, 15) is 9.18 Å². The van der Waals surface area contributed by atoms with E-state index in [0.717, 1.165) is 44.0 Å². The molecule has 2 saturated heterocycles. The van der Waals surface area contributed by atoms with E-state index in [2.05, 4.69) is 11.8 Å². The lowest BCUT2D eigenvalue weighted by molar-refractivity contribution is -0.133. The largest absolute Gasteiger partial charge is 0.335 e. The number of rotatable bonds is 3. The molecule has 22 heavy (non-hydrogen) atoms. The number of carbonyl (C=O) groups excluding carboxylic acids is 1. The molecule has 1 aromatic rings. The van der Waals surface area contributed by atoms with Crippen LogP contribution in [0.4, 0.5) is 4.39 Å². The Labute approximate surface area is 132 Å². The van der Waals surface area contributed by atoms with Crippen LogP contribution in [0.3, 0.4) is 0 Å². The molecule has 2 aliphatic heterocycles. The fraction of sp³-hybridized carbons (Fsp3) is 0.611. The van der Waals surface area contributed by atoms with Crippen LogP contribution >= 0.6 is 0 Å². The van der Waals surface area contributed by atoms with Crippen LogP contribution in [0.5, 0.6) is 0 Å². The predicted octanol–water partition coefficient (Wildman–Crippen LogP) is 3.22. The molecule has 2 fully saturated rings. The minimum atomic E-state index is -0.220. The number of benzene rings is 1. The first-order valence-corrected chi connectivity index (χ1v) is 8.41. The quantitative estimate of drug-likeness (QED) is 0.856. The average molecular weight is 304 g/mol. The maximum Gasteiger partial charge on any atom is 0.237 e. The van der Waals surface area contributed by atoms with E-state index in [4.69, 9.17) is 0 Å². The third kappa shape index (κ3) is 3.49. The van der Waals surface area contributed by atoms with Crippen molar-refractivity contribution >= 4 is 5.91 Å². The topological polar surface area (TPSA) is 23.6 Å². The molecule has 1 aromatic carbocycles. The van der Waals surface area contributed by atoms with E-state index >= 15 is 0 Å². The summed E-state index contributed by atoms with van der Waals surface area (Å²) in [6.07, 6.45) is 4.39. The van der Waals surface area contributed by atoms with Gasteiger partial charge < -0.3 is 4.90 Å². The Hall–Kier alpha value is -1.42. The summed E-state index contributed by atoms with van der Waals surface area (Å²) in [5.74, 6) is 0.786. The molecule has 0 radical (unpaired) electrons. The number of carbonyl (C=O) groups is 1. The van der Waals surface area contributed by atoms with E-state index < -0.39 is 0 Å². The third-order valence-corrected chi connectivity index (χ3v) is 5.06. The summed E-state index contributed by atoms with van der Waals surface area (Å²) in [4.78, 5) is 16.9. The van der Waals surface area contributed by atoms with Crippen LogP contribution < -0.4 is 0 Å². The third-order valence-electron chi connectivity index (χ3n) is 5.06. The average Bonchev–Trinajstić information content (AvgIpc) is 3.00. The SMILES string of the molecule is CC1CCN(CC(=O)N2CCCC2c2ccc(F)cc2)CC1. The highest BCUT2D eigenvalue weighted by Crippen LogP contribution is 2.32. The second-order valence-corrected chi connectivity index (χ2v) is 6.76. The summed E-state index contributed by atoms with van der Waals surface area (Å²) in [6, 6.07) is 6.73. The van der Waals surface area contributed by atoms with Crippen LogP contribution in [-0.2, 0) is 4.79 Å². The van der Waals surface area contributed by atoms with E-state index in [-0.39, 0.29) is 17.8 Å². The van der Waals surface area contributed by atoms with E-state index in [1.807, 2.05) is 17.0 Å². The van der Waals surface area contributed by atoms with Crippen LogP contribution in [0.2, 0.25) is 0 Å². The maximum atomic E-state index is 13.1. The first-order valence-electron chi connectivity index (χ1n) is 8.41. The van der Waals surface area contributed by atoms with Crippen molar-refractivity contribution in [3.05, 3.63) is 35.6 Å². The van der Waals surface area contributed by atoms with Gasteiger partial charge in [-0.25, -0.2) is 4.39 Å². The van der Waals surface area contributed by atoms with Gasteiger partial charge in [0.1, 0.15) is 5.82 Å². The second kappa shape index (κ2) is 6.78. The van der Waals surface area contributed by atoms with Gasteiger partial charge in [0, 0.05) is 6.54 Å². The van der Waals surface area contributed by atoms with Gasteiger partial charge in [-0.3, -0.25) is 9.69 Å². The van der Waals surface area contributed by atoms with Crippen LogP contribution in [0.25, 0.3) is 0 Å². The molecule has 3 rings (SSSR count). The van der Waals surface area contributed by atoms with Gasteiger partial charge in [-0.15, -0.1) is 0 Å². The van der Waals surface area contributed by atoms with Crippen molar-refractivity contribution in [2.24, 2.45) is 5.92 Å². The van der Waals surface area contributed by atoms with Gasteiger partial charge in [0.15, 0.2) is 0 Å². The summed E-state index contributed by atoms with van der Waals surface area (Å²) in [6.45, 7) is 5.70. The van der Waals surface area contributed by atoms with Crippen LogP contribution in [-0.4, -0.2) is 41.9 Å². The molecule has 0 aromatic heterocycles. The Morgan fingerprint density at radius 2 is 1.82 bits per heavy atom. The lowest BCUT2D eigenvalue weighted by atomic mass is 9.99. The van der Waals surface area contributed by atoms with Crippen molar-refractivity contribution in [2.75, 3.05) is 26.2 Å². The smallest absolute Gasteiger partial charge is 0.237 e. The van der Waals surface area contributed by atoms with E-state index in [0.29, 0.717) is 6.54 Å². The summed E-state index contributed by atoms with van der Waals surface area (Å²) < 4.78 is 13.1. The first kappa shape index (κ1) is 15.5. The normalized spacial score (nSPS) is 23.9. The number of hydrogen-bond acceptors (Lipinski definition) is 2. The van der Waals surface area contributed by atoms with Crippen molar-refractivity contribution in [3.63, 3.8) is 0 Å². The minimum Gasteiger partial charge on any atom is -0.335 e. The molecular formula is C18H25FN2O. The highest BCUT2D eigenvalue weighted by atomic mass is 19.1. The molecule has 3 nitrogen and oxygen atoms in total. The molecule has 0 N–H and O–H groups in total. The Bertz CT molecular complexity index is 508. The number of likely N-dealkylation sites (tertiary alicyclic amines) is 2. The van der Waals surface area contributed by atoms with Gasteiger partial charge in [0.05, 0.1) is 12.6 Å². The standard InChI is InChI=1S/C18H25FN2O/c1-14-8-11-20(12-9-14)13-18(22)21-10-2-3-17(21)15-4-6-16(19)7-5-15/h4-7,14,17H,2-3,8-13H2,1H3. The van der Waals surface area contributed by atoms with Gasteiger partial charge in [-0.2, -0.15) is 0 Å². The van der Waals surface area contributed by atoms with Crippen molar-refractivity contribution in [1.29, 1.82) is 0 Å². The number of halogens is 1. The van der Waals surface area contributed by atoms with Gasteiger partial charge in [0.2, 0.25) is 5.91 Å². The van der Waals surface area contributed by atoms with E-state index in [1.165, 1.54) is 25.0 Å². The van der Waals surface area contributed by atoms with Gasteiger partial charge in [-0.05, 0) is 62.4 Å². The molecule has 1 atom stereocenters. The van der Waals surface area contributed by atoms with Crippen LogP contribution in [0.1, 0.15) is 44.2 Å². The molecule has 0 bridgehead atoms. The minimum absolute atomic E-state index is 0.122. The van der Waals surface area contributed by atoms with Crippen molar-refractivity contribution in [1.82, 2.24) is 9.80 Å². The highest BCUT2D eigenvalue weighted by Gasteiger charge is 2.31. The lowest BCUT2D eigenvalue weighted by Crippen LogP contribution is -2.43. The van der Waals surface area contributed by atoms with E-state index in [1.54, 1.807) is 0 Å². The zero-order valence-electron chi connectivity index (χ0n) is 13.3. The summed E-state index contributed by atoms with van der Waals surface area (Å²) in [5, 5.41) is 0. The van der Waals surface area contributed by atoms with Crippen LogP contribution in [0, 0.1) is 11.7 Å². The lowest BCUT2D eigenvalue weighted by Gasteiger charge is -2.32. The molecule has 2 aliphatic rings. The summed E-state index contributed by atoms with van der Waals surface area (Å²) >= 11 is 0. The van der Waals surface area contributed by atoms with Gasteiger partial charge in [0.25, 0.3) is 0 Å². The molecule has 1 amide bonds. The van der Waals surface area contributed by atoms with Gasteiger partial charge >= 0.3 is 0 Å². The molecule has 0 saturated carbocycles. The van der Waals surface area contributed by atoms with Crippen LogP contribution in [0.15, 0.2) is 24.3 Å². The Morgan fingerprint density at radius 3 is 2.50 bits per heavy atom. The Kier molecular flexibility index (Phi) is 4.77. The molecular weight excluding hydrogens is 279 g/mol. The molecule has 0 aliphatic carbocycles. The predicted molar refractivity (Wildman–Crippen MR) is 84.9 cm³/mol. The van der Waals surface area contributed by atoms with Crippen molar-refractivity contribution < 1.29 is 9.18 Å². The maximum absolute atomic E-state index is 13.1. The van der Waals surface area contributed by atoms with Crippen molar-refractivity contribution in [2.45, 2.75) is 38.6 Å². The monoisotopic (exact) mass is 304 g/mol. The van der Waals surface area contributed by atoms with Gasteiger partial charge in [-0.1, -0.05) is 19.1 Å². The Morgan fingerprint density at radius 1 is 1.14 bits per heavy atom. The molecule has 4 heteroatoms.